The minimum absolute atomic E-state index is 0.136. The first-order chi connectivity index (χ1) is 12.6. The number of furan rings is 1. The average Bonchev–Trinajstić information content (AvgIpc) is 3.41. The van der Waals surface area contributed by atoms with Crippen LogP contribution in [0.25, 0.3) is 11.6 Å². The van der Waals surface area contributed by atoms with E-state index in [1.807, 2.05) is 16.7 Å². The van der Waals surface area contributed by atoms with E-state index in [-0.39, 0.29) is 5.91 Å². The van der Waals surface area contributed by atoms with Crippen LogP contribution < -0.4 is 0 Å². The van der Waals surface area contributed by atoms with Crippen LogP contribution in [0.15, 0.2) is 33.4 Å². The van der Waals surface area contributed by atoms with Crippen molar-refractivity contribution in [3.05, 3.63) is 41.7 Å². The van der Waals surface area contributed by atoms with Gasteiger partial charge in [-0.2, -0.15) is 0 Å². The summed E-state index contributed by atoms with van der Waals surface area (Å²) in [4.78, 5) is 14.4. The average molecular weight is 355 g/mol. The largest absolute Gasteiger partial charge is 0.461 e. The molecule has 134 valence electrons. The molecule has 1 amide bonds. The minimum Gasteiger partial charge on any atom is -0.461 e. The molecule has 2 aliphatic heterocycles. The molecule has 0 aromatic carbocycles. The second-order valence-electron chi connectivity index (χ2n) is 6.77. The van der Waals surface area contributed by atoms with Crippen molar-refractivity contribution in [3.8, 4) is 11.6 Å². The van der Waals surface area contributed by atoms with Crippen LogP contribution in [0.2, 0.25) is 0 Å². The van der Waals surface area contributed by atoms with Gasteiger partial charge < -0.3 is 23.1 Å². The molecule has 0 radical (unpaired) electrons. The molecule has 26 heavy (non-hydrogen) atoms. The lowest BCUT2D eigenvalue weighted by atomic mass is 10.0. The van der Waals surface area contributed by atoms with Crippen LogP contribution in [-0.2, 0) is 17.9 Å². The van der Waals surface area contributed by atoms with Crippen molar-refractivity contribution >= 4 is 5.91 Å². The van der Waals surface area contributed by atoms with Gasteiger partial charge in [-0.1, -0.05) is 5.16 Å². The molecule has 0 saturated carbocycles. The Bertz CT molecular complexity index is 960. The lowest BCUT2D eigenvalue weighted by Gasteiger charge is -2.34. The van der Waals surface area contributed by atoms with Crippen molar-refractivity contribution in [1.29, 1.82) is 0 Å². The Morgan fingerprint density at radius 1 is 1.31 bits per heavy atom. The number of carbonyl (C=O) groups is 1. The molecular weight excluding hydrogens is 338 g/mol. The van der Waals surface area contributed by atoms with Crippen LogP contribution >= 0.6 is 0 Å². The summed E-state index contributed by atoms with van der Waals surface area (Å²) in [6.07, 6.45) is 2.35. The highest BCUT2D eigenvalue weighted by atomic mass is 16.5. The summed E-state index contributed by atoms with van der Waals surface area (Å²) in [5.74, 6) is 2.60. The molecule has 9 heteroatoms. The summed E-state index contributed by atoms with van der Waals surface area (Å²) < 4.78 is 18.6. The summed E-state index contributed by atoms with van der Waals surface area (Å²) in [5, 5.41) is 12.3. The van der Waals surface area contributed by atoms with E-state index >= 15 is 0 Å². The van der Waals surface area contributed by atoms with Crippen molar-refractivity contribution in [2.75, 3.05) is 13.1 Å². The summed E-state index contributed by atoms with van der Waals surface area (Å²) in [7, 11) is 0. The predicted molar refractivity (Wildman–Crippen MR) is 87.0 cm³/mol. The first-order valence-electron chi connectivity index (χ1n) is 8.46. The maximum atomic E-state index is 12.6. The summed E-state index contributed by atoms with van der Waals surface area (Å²) in [6.45, 7) is 3.81. The first kappa shape index (κ1) is 15.3. The summed E-state index contributed by atoms with van der Waals surface area (Å²) >= 11 is 0. The molecule has 0 N–H and O–H groups in total. The van der Waals surface area contributed by atoms with Crippen LogP contribution in [0.5, 0.6) is 0 Å². The van der Waals surface area contributed by atoms with Gasteiger partial charge in [-0.3, -0.25) is 4.79 Å². The maximum Gasteiger partial charge on any atom is 0.276 e. The second kappa shape index (κ2) is 5.53. The predicted octanol–water partition coefficient (Wildman–Crippen LogP) is 1.65. The van der Waals surface area contributed by atoms with Gasteiger partial charge in [0.1, 0.15) is 18.0 Å². The molecule has 5 rings (SSSR count). The van der Waals surface area contributed by atoms with E-state index in [0.717, 1.165) is 12.2 Å². The Labute approximate surface area is 148 Å². The third-order valence-electron chi connectivity index (χ3n) is 4.97. The van der Waals surface area contributed by atoms with E-state index in [2.05, 4.69) is 15.4 Å². The molecule has 5 heterocycles. The number of amides is 1. The zero-order valence-corrected chi connectivity index (χ0v) is 14.2. The Kier molecular flexibility index (Phi) is 3.26. The van der Waals surface area contributed by atoms with Crippen LogP contribution in [0.4, 0.5) is 0 Å². The van der Waals surface area contributed by atoms with Gasteiger partial charge in [0.05, 0.1) is 19.4 Å². The van der Waals surface area contributed by atoms with E-state index in [4.69, 9.17) is 13.7 Å². The molecule has 3 aromatic rings. The molecule has 1 unspecified atom stereocenters. The number of aryl methyl sites for hydroxylation is 1. The highest BCUT2D eigenvalue weighted by molar-refractivity contribution is 5.92. The first-order valence-corrected chi connectivity index (χ1v) is 8.46. The van der Waals surface area contributed by atoms with Crippen LogP contribution in [0, 0.1) is 6.92 Å². The molecule has 1 atom stereocenters. The van der Waals surface area contributed by atoms with Gasteiger partial charge in [0.25, 0.3) is 5.91 Å². The molecule has 0 aliphatic carbocycles. The molecular formula is C17H17N5O4. The SMILES string of the molecule is Cc1cc(C(=O)N2CCC3(C2)Cn2c(nnc2-c2ccco2)CO3)no1. The highest BCUT2D eigenvalue weighted by Crippen LogP contribution is 2.34. The number of fused-ring (bicyclic) bond motifs is 1. The number of nitrogens with zero attached hydrogens (tertiary/aromatic N) is 5. The topological polar surface area (TPSA) is 99.4 Å². The number of carbonyl (C=O) groups excluding carboxylic acids is 1. The van der Waals surface area contributed by atoms with Crippen molar-refractivity contribution in [2.45, 2.75) is 32.1 Å². The monoisotopic (exact) mass is 355 g/mol. The van der Waals surface area contributed by atoms with Gasteiger partial charge in [0, 0.05) is 12.6 Å². The van der Waals surface area contributed by atoms with Crippen LogP contribution in [0.3, 0.4) is 0 Å². The Morgan fingerprint density at radius 2 is 2.23 bits per heavy atom. The third kappa shape index (κ3) is 2.35. The number of hydrogen-bond donors (Lipinski definition) is 0. The molecule has 9 nitrogen and oxygen atoms in total. The lowest BCUT2D eigenvalue weighted by Crippen LogP contribution is -2.45. The van der Waals surface area contributed by atoms with Crippen molar-refractivity contribution in [2.24, 2.45) is 0 Å². The summed E-state index contributed by atoms with van der Waals surface area (Å²) in [5.41, 5.74) is -0.123. The van der Waals surface area contributed by atoms with Crippen LogP contribution in [0.1, 0.15) is 28.5 Å². The Hall–Kier alpha value is -2.94. The molecule has 1 spiro atoms. The standard InChI is InChI=1S/C17H17N5O4/c1-11-7-12(20-26-11)16(23)21-5-4-17(9-21)10-22-14(8-25-17)18-19-15(22)13-3-2-6-24-13/h2-3,6-7H,4-5,8-10H2,1H3. The van der Waals surface area contributed by atoms with E-state index in [0.29, 0.717) is 49.3 Å². The number of ether oxygens (including phenoxy) is 1. The molecule has 0 bridgehead atoms. The van der Waals surface area contributed by atoms with Gasteiger partial charge >= 0.3 is 0 Å². The molecule has 2 aliphatic rings. The molecule has 3 aromatic heterocycles. The fraction of sp³-hybridized carbons (Fsp3) is 0.412. The van der Waals surface area contributed by atoms with E-state index in [9.17, 15) is 4.79 Å². The second-order valence-corrected chi connectivity index (χ2v) is 6.77. The van der Waals surface area contributed by atoms with Gasteiger partial charge in [-0.15, -0.1) is 10.2 Å². The van der Waals surface area contributed by atoms with Crippen LogP contribution in [-0.4, -0.2) is 49.4 Å². The van der Waals surface area contributed by atoms with E-state index < -0.39 is 5.60 Å². The minimum atomic E-state index is -0.453. The van der Waals surface area contributed by atoms with Gasteiger partial charge in [0.15, 0.2) is 23.1 Å². The van der Waals surface area contributed by atoms with Crippen molar-refractivity contribution in [1.82, 2.24) is 24.8 Å². The van der Waals surface area contributed by atoms with Crippen molar-refractivity contribution < 1.29 is 18.5 Å². The quantitative estimate of drug-likeness (QED) is 0.689. The molecule has 1 saturated heterocycles. The van der Waals surface area contributed by atoms with E-state index in [1.165, 1.54) is 0 Å². The number of hydrogen-bond acceptors (Lipinski definition) is 7. The van der Waals surface area contributed by atoms with Gasteiger partial charge in [0.2, 0.25) is 0 Å². The zero-order valence-electron chi connectivity index (χ0n) is 14.2. The fourth-order valence-electron chi connectivity index (χ4n) is 3.64. The smallest absolute Gasteiger partial charge is 0.276 e. The lowest BCUT2D eigenvalue weighted by molar-refractivity contribution is -0.0805. The normalized spacial score (nSPS) is 22.1. The number of aromatic nitrogens is 4. The number of rotatable bonds is 2. The molecule has 1 fully saturated rings. The maximum absolute atomic E-state index is 12.6. The third-order valence-corrected chi connectivity index (χ3v) is 4.97. The summed E-state index contributed by atoms with van der Waals surface area (Å²) in [6, 6.07) is 5.33. The Balaban J connectivity index is 1.39. The highest BCUT2D eigenvalue weighted by Gasteiger charge is 2.45. The van der Waals surface area contributed by atoms with Gasteiger partial charge in [-0.05, 0) is 25.5 Å². The Morgan fingerprint density at radius 3 is 3.00 bits per heavy atom. The fourth-order valence-corrected chi connectivity index (χ4v) is 3.64. The van der Waals surface area contributed by atoms with Crippen molar-refractivity contribution in [3.63, 3.8) is 0 Å². The number of likely N-dealkylation sites (tertiary alicyclic amines) is 1. The van der Waals surface area contributed by atoms with Gasteiger partial charge in [-0.25, -0.2) is 0 Å². The zero-order chi connectivity index (χ0) is 17.7. The van der Waals surface area contributed by atoms with E-state index in [1.54, 1.807) is 24.2 Å².